The van der Waals surface area contributed by atoms with Gasteiger partial charge in [-0.15, -0.1) is 0 Å². The van der Waals surface area contributed by atoms with Gasteiger partial charge in [0.25, 0.3) is 0 Å². The van der Waals surface area contributed by atoms with E-state index >= 15 is 0 Å². The normalized spacial score (nSPS) is 67.0. The molecule has 2 heteroatoms. The van der Waals surface area contributed by atoms with Gasteiger partial charge in [0.2, 0.25) is 0 Å². The van der Waals surface area contributed by atoms with Crippen LogP contribution >= 0.6 is 15.9 Å². The highest BCUT2D eigenvalue weighted by atomic mass is 79.9. The second-order valence-electron chi connectivity index (χ2n) is 8.21. The highest BCUT2D eigenvalue weighted by molar-refractivity contribution is 9.09. The average molecular weight is 331 g/mol. The van der Waals surface area contributed by atoms with E-state index in [9.17, 15) is 5.11 Å². The van der Waals surface area contributed by atoms with Crippen molar-refractivity contribution in [3.8, 4) is 0 Å². The first-order valence-corrected chi connectivity index (χ1v) is 8.94. The van der Waals surface area contributed by atoms with E-state index in [2.05, 4.69) is 53.2 Å². The molecular weight excluding hydrogens is 312 g/mol. The van der Waals surface area contributed by atoms with Crippen molar-refractivity contribution in [2.45, 2.75) is 23.8 Å². The van der Waals surface area contributed by atoms with Crippen LogP contribution in [0.5, 0.6) is 0 Å². The Hall–Kier alpha value is -0.340. The third-order valence-electron chi connectivity index (χ3n) is 8.21. The van der Waals surface area contributed by atoms with E-state index < -0.39 is 5.60 Å². The number of rotatable bonds is 1. The lowest BCUT2D eigenvalue weighted by molar-refractivity contribution is -0.0284. The summed E-state index contributed by atoms with van der Waals surface area (Å²) in [5, 5.41) is 11.8. The van der Waals surface area contributed by atoms with Crippen LogP contribution < -0.4 is 0 Å². The van der Waals surface area contributed by atoms with Crippen LogP contribution in [0.15, 0.2) is 30.3 Å². The number of hydrogen-bond acceptors (Lipinski definition) is 1. The van der Waals surface area contributed by atoms with Gasteiger partial charge in [-0.3, -0.25) is 0 Å². The van der Waals surface area contributed by atoms with Crippen LogP contribution in [0, 0.1) is 46.8 Å². The van der Waals surface area contributed by atoms with Crippen molar-refractivity contribution in [2.75, 3.05) is 0 Å². The van der Waals surface area contributed by atoms with Crippen molar-refractivity contribution >= 4 is 15.9 Å². The molecule has 10 atom stereocenters. The fourth-order valence-electron chi connectivity index (χ4n) is 8.28. The van der Waals surface area contributed by atoms with Crippen molar-refractivity contribution in [1.29, 1.82) is 0 Å². The number of benzene rings is 1. The van der Waals surface area contributed by atoms with Crippen LogP contribution in [0.4, 0.5) is 0 Å². The molecule has 1 N–H and O–H groups in total. The summed E-state index contributed by atoms with van der Waals surface area (Å²) >= 11 is 4.06. The summed E-state index contributed by atoms with van der Waals surface area (Å²) in [4.78, 5) is 0.646. The van der Waals surface area contributed by atoms with Gasteiger partial charge in [-0.25, -0.2) is 0 Å². The summed E-state index contributed by atoms with van der Waals surface area (Å²) in [5.74, 6) is 5.14. The molecule has 6 aliphatic carbocycles. The zero-order chi connectivity index (χ0) is 13.4. The Morgan fingerprint density at radius 3 is 2.50 bits per heavy atom. The van der Waals surface area contributed by atoms with Gasteiger partial charge in [-0.2, -0.15) is 0 Å². The monoisotopic (exact) mass is 330 g/mol. The second kappa shape index (κ2) is 2.92. The summed E-state index contributed by atoms with van der Waals surface area (Å²) < 4.78 is 0. The molecule has 6 aliphatic rings. The zero-order valence-electron chi connectivity index (χ0n) is 11.5. The van der Waals surface area contributed by atoms with E-state index in [0.29, 0.717) is 22.1 Å². The van der Waals surface area contributed by atoms with Crippen LogP contribution in [-0.4, -0.2) is 9.93 Å². The number of aliphatic hydroxyl groups is 1. The Morgan fingerprint density at radius 1 is 1.10 bits per heavy atom. The maximum Gasteiger partial charge on any atom is 0.0966 e. The summed E-state index contributed by atoms with van der Waals surface area (Å²) in [6.07, 6.45) is 1.40. The average Bonchev–Trinajstić information content (AvgIpc) is 3.16. The Balaban J connectivity index is 1.65. The minimum atomic E-state index is -0.540. The first-order chi connectivity index (χ1) is 9.61. The van der Waals surface area contributed by atoms with Crippen molar-refractivity contribution < 1.29 is 5.11 Å². The third-order valence-corrected chi connectivity index (χ3v) is 9.81. The maximum absolute atomic E-state index is 11.8. The smallest absolute Gasteiger partial charge is 0.0966 e. The molecule has 0 saturated heterocycles. The quantitative estimate of drug-likeness (QED) is 0.782. The Bertz CT molecular complexity index is 628. The van der Waals surface area contributed by atoms with Crippen molar-refractivity contribution in [2.24, 2.45) is 46.8 Å². The lowest BCUT2D eigenvalue weighted by Gasteiger charge is -2.40. The molecule has 0 aliphatic heterocycles. The number of halogens is 1. The standard InChI is InChI=1S/C18H19BrO/c1-17-13-10-7-9-11(12(10)16(17)19)15(17)18(20,14(9)13)8-5-3-2-4-6-8/h2-6,9-16,20H,7H2,1H3/t9-,10+,11-,12+,13+,14-,15+,16-,17+,18+/m0/s1. The second-order valence-corrected chi connectivity index (χ2v) is 9.19. The van der Waals surface area contributed by atoms with Gasteiger partial charge in [0, 0.05) is 10.7 Å². The number of hydrogen-bond donors (Lipinski definition) is 1. The third kappa shape index (κ3) is 0.772. The van der Waals surface area contributed by atoms with E-state index in [1.54, 1.807) is 0 Å². The first kappa shape index (κ1) is 11.3. The van der Waals surface area contributed by atoms with Crippen LogP contribution in [-0.2, 0) is 5.60 Å². The fraction of sp³-hybridized carbons (Fsp3) is 0.667. The minimum absolute atomic E-state index is 0.336. The van der Waals surface area contributed by atoms with Crippen LogP contribution in [0.3, 0.4) is 0 Å². The molecule has 6 fully saturated rings. The molecule has 0 amide bonds. The molecule has 6 bridgehead atoms. The molecule has 0 spiro atoms. The molecule has 6 saturated carbocycles. The molecule has 1 nitrogen and oxygen atoms in total. The Labute approximate surface area is 127 Å². The summed E-state index contributed by atoms with van der Waals surface area (Å²) in [7, 11) is 0. The Kier molecular flexibility index (Phi) is 1.64. The van der Waals surface area contributed by atoms with Gasteiger partial charge in [0.15, 0.2) is 0 Å². The summed E-state index contributed by atoms with van der Waals surface area (Å²) in [6.45, 7) is 2.48. The Morgan fingerprint density at radius 2 is 1.80 bits per heavy atom. The molecule has 7 rings (SSSR count). The van der Waals surface area contributed by atoms with E-state index in [0.717, 1.165) is 29.6 Å². The van der Waals surface area contributed by atoms with Crippen LogP contribution in [0.1, 0.15) is 18.9 Å². The topological polar surface area (TPSA) is 20.2 Å². The van der Waals surface area contributed by atoms with Crippen LogP contribution in [0.2, 0.25) is 0 Å². The molecule has 0 radical (unpaired) electrons. The van der Waals surface area contributed by atoms with Gasteiger partial charge in [-0.05, 0) is 52.9 Å². The van der Waals surface area contributed by atoms with Gasteiger partial charge < -0.3 is 5.11 Å². The van der Waals surface area contributed by atoms with Crippen LogP contribution in [0.25, 0.3) is 0 Å². The van der Waals surface area contributed by atoms with Gasteiger partial charge >= 0.3 is 0 Å². The van der Waals surface area contributed by atoms with E-state index in [-0.39, 0.29) is 0 Å². The summed E-state index contributed by atoms with van der Waals surface area (Å²) in [5.41, 5.74) is 0.990. The van der Waals surface area contributed by atoms with Gasteiger partial charge in [0.1, 0.15) is 0 Å². The molecule has 1 aromatic rings. The van der Waals surface area contributed by atoms with Gasteiger partial charge in [0.05, 0.1) is 5.60 Å². The number of alkyl halides is 1. The molecule has 0 heterocycles. The summed E-state index contributed by atoms with van der Waals surface area (Å²) in [6, 6.07) is 10.6. The predicted molar refractivity (Wildman–Crippen MR) is 80.2 cm³/mol. The molecule has 0 unspecified atom stereocenters. The molecular formula is C18H19BrO. The molecule has 104 valence electrons. The molecule has 1 aromatic carbocycles. The van der Waals surface area contributed by atoms with E-state index in [1.807, 2.05) is 0 Å². The largest absolute Gasteiger partial charge is 0.385 e. The highest BCUT2D eigenvalue weighted by Crippen LogP contribution is 2.91. The lowest BCUT2D eigenvalue weighted by Crippen LogP contribution is -2.38. The molecule has 20 heavy (non-hydrogen) atoms. The van der Waals surface area contributed by atoms with E-state index in [4.69, 9.17) is 0 Å². The molecule has 0 aromatic heterocycles. The SMILES string of the molecule is C[C@]12[C@@H]3[C@@H]4C[C@H]5[C@@H]([C@@H]4[C@@H]1Br)[C@H]2[C@@](O)(c1ccccc1)[C@@H]53. The van der Waals surface area contributed by atoms with Crippen molar-refractivity contribution in [1.82, 2.24) is 0 Å². The highest BCUT2D eigenvalue weighted by Gasteiger charge is 2.91. The van der Waals surface area contributed by atoms with Crippen molar-refractivity contribution in [3.05, 3.63) is 35.9 Å². The lowest BCUT2D eigenvalue weighted by atomic mass is 9.64. The zero-order valence-corrected chi connectivity index (χ0v) is 13.1. The fourth-order valence-corrected chi connectivity index (χ4v) is 9.61. The minimum Gasteiger partial charge on any atom is -0.385 e. The van der Waals surface area contributed by atoms with Gasteiger partial charge in [-0.1, -0.05) is 53.2 Å². The maximum atomic E-state index is 11.8. The van der Waals surface area contributed by atoms with Crippen molar-refractivity contribution in [3.63, 3.8) is 0 Å². The van der Waals surface area contributed by atoms with E-state index in [1.165, 1.54) is 12.0 Å². The first-order valence-electron chi connectivity index (χ1n) is 8.03. The predicted octanol–water partition coefficient (Wildman–Crippen LogP) is 3.42.